The summed E-state index contributed by atoms with van der Waals surface area (Å²) in [5, 5.41) is 0. The molecule has 0 aromatic heterocycles. The zero-order chi connectivity index (χ0) is 18.6. The number of likely N-dealkylation sites (N-methyl/N-ethyl adjacent to an activating group) is 1. The van der Waals surface area contributed by atoms with Crippen LogP contribution in [0.5, 0.6) is 0 Å². The van der Waals surface area contributed by atoms with E-state index in [4.69, 9.17) is 0 Å². The van der Waals surface area contributed by atoms with E-state index >= 15 is 0 Å². The molecule has 1 atom stereocenters. The van der Waals surface area contributed by atoms with E-state index in [1.165, 1.54) is 27.8 Å². The summed E-state index contributed by atoms with van der Waals surface area (Å²) in [5.74, 6) is 0.685. The third-order valence-electron chi connectivity index (χ3n) is 4.66. The van der Waals surface area contributed by atoms with Crippen LogP contribution >= 0.6 is 11.8 Å². The fraction of sp³-hybridized carbons (Fsp3) is 0.611. The lowest BCUT2D eigenvalue weighted by Crippen LogP contribution is -3.06. The number of benzene rings is 1. The average molecular weight is 386 g/mol. The lowest BCUT2D eigenvalue weighted by Gasteiger charge is -2.28. The Hall–Kier alpha value is -1.05. The van der Waals surface area contributed by atoms with Gasteiger partial charge in [-0.2, -0.15) is 0 Å². The number of hydrogen-bond acceptors (Lipinski definition) is 4. The number of sulfone groups is 1. The fourth-order valence-electron chi connectivity index (χ4n) is 2.91. The SMILES string of the molecule is Cc1ccc(SCC(=O)N(CC[NH+](C)C)[C@H]2CCS(=O)(=O)C2)cc1C. The van der Waals surface area contributed by atoms with Crippen LogP contribution in [0.25, 0.3) is 0 Å². The zero-order valence-electron chi connectivity index (χ0n) is 15.5. The molecule has 1 aliphatic rings. The summed E-state index contributed by atoms with van der Waals surface area (Å²) in [6.45, 7) is 5.56. The van der Waals surface area contributed by atoms with E-state index in [0.717, 1.165) is 11.4 Å². The van der Waals surface area contributed by atoms with Gasteiger partial charge in [0.1, 0.15) is 0 Å². The number of carbonyl (C=O) groups excluding carboxylic acids is 1. The van der Waals surface area contributed by atoms with Crippen LogP contribution in [0.1, 0.15) is 17.5 Å². The van der Waals surface area contributed by atoms with Gasteiger partial charge in [-0.25, -0.2) is 8.42 Å². The van der Waals surface area contributed by atoms with Gasteiger partial charge in [-0.15, -0.1) is 11.8 Å². The van der Waals surface area contributed by atoms with Crippen molar-refractivity contribution in [2.24, 2.45) is 0 Å². The minimum atomic E-state index is -3.00. The summed E-state index contributed by atoms with van der Waals surface area (Å²) >= 11 is 1.53. The maximum atomic E-state index is 12.8. The third-order valence-corrected chi connectivity index (χ3v) is 7.39. The van der Waals surface area contributed by atoms with Gasteiger partial charge in [-0.3, -0.25) is 4.79 Å². The molecule has 7 heteroatoms. The second kappa shape index (κ2) is 8.56. The van der Waals surface area contributed by atoms with Crippen LogP contribution in [-0.2, 0) is 14.6 Å². The highest BCUT2D eigenvalue weighted by Gasteiger charge is 2.34. The third kappa shape index (κ3) is 6.01. The maximum Gasteiger partial charge on any atom is 0.233 e. The van der Waals surface area contributed by atoms with Gasteiger partial charge >= 0.3 is 0 Å². The molecule has 1 aromatic rings. The fourth-order valence-corrected chi connectivity index (χ4v) is 5.52. The Balaban J connectivity index is 2.02. The first-order chi connectivity index (χ1) is 11.7. The molecule has 25 heavy (non-hydrogen) atoms. The molecule has 1 aromatic carbocycles. The Morgan fingerprint density at radius 2 is 2.00 bits per heavy atom. The molecule has 0 saturated carbocycles. The van der Waals surface area contributed by atoms with Gasteiger partial charge in [0.15, 0.2) is 9.84 Å². The molecule has 0 spiro atoms. The number of hydrogen-bond donors (Lipinski definition) is 1. The van der Waals surface area contributed by atoms with Crippen molar-refractivity contribution in [3.63, 3.8) is 0 Å². The summed E-state index contributed by atoms with van der Waals surface area (Å²) in [5.41, 5.74) is 2.45. The molecule has 1 aliphatic heterocycles. The monoisotopic (exact) mass is 385 g/mol. The highest BCUT2D eigenvalue weighted by molar-refractivity contribution is 8.00. The largest absolute Gasteiger partial charge is 0.338 e. The van der Waals surface area contributed by atoms with Gasteiger partial charge in [0.25, 0.3) is 0 Å². The van der Waals surface area contributed by atoms with E-state index in [1.54, 1.807) is 4.90 Å². The molecular weight excluding hydrogens is 356 g/mol. The number of nitrogens with one attached hydrogen (secondary N) is 1. The van der Waals surface area contributed by atoms with Crippen LogP contribution in [-0.4, -0.2) is 69.7 Å². The van der Waals surface area contributed by atoms with Crippen LogP contribution in [0.3, 0.4) is 0 Å². The number of aryl methyl sites for hydroxylation is 2. The Labute approximate surface area is 155 Å². The highest BCUT2D eigenvalue weighted by atomic mass is 32.2. The first-order valence-electron chi connectivity index (χ1n) is 8.67. The van der Waals surface area contributed by atoms with Crippen molar-refractivity contribution < 1.29 is 18.1 Å². The van der Waals surface area contributed by atoms with Crippen molar-refractivity contribution in [1.82, 2.24) is 4.90 Å². The number of thioether (sulfide) groups is 1. The van der Waals surface area contributed by atoms with Gasteiger partial charge in [0, 0.05) is 10.9 Å². The van der Waals surface area contributed by atoms with Gasteiger partial charge in [-0.1, -0.05) is 6.07 Å². The standard InChI is InChI=1S/C18H28N2O3S2/c1-14-5-6-17(11-15(14)2)24-12-18(21)20(9-8-19(3)4)16-7-10-25(22,23)13-16/h5-6,11,16H,7-10,12-13H2,1-4H3/p+1/t16-/m0/s1. The Bertz CT molecular complexity index is 717. The van der Waals surface area contributed by atoms with Crippen LogP contribution in [0.15, 0.2) is 23.1 Å². The molecule has 1 amide bonds. The van der Waals surface area contributed by atoms with E-state index < -0.39 is 9.84 Å². The first-order valence-corrected chi connectivity index (χ1v) is 11.5. The van der Waals surface area contributed by atoms with Crippen molar-refractivity contribution >= 4 is 27.5 Å². The predicted octanol–water partition coefficient (Wildman–Crippen LogP) is 0.556. The molecule has 0 radical (unpaired) electrons. The Kier molecular flexibility index (Phi) is 6.93. The molecular formula is C18H29N2O3S2+. The predicted molar refractivity (Wildman–Crippen MR) is 103 cm³/mol. The van der Waals surface area contributed by atoms with Crippen molar-refractivity contribution in [3.8, 4) is 0 Å². The second-order valence-electron chi connectivity index (χ2n) is 7.14. The summed E-state index contributed by atoms with van der Waals surface area (Å²) in [4.78, 5) is 16.9. The molecule has 5 nitrogen and oxygen atoms in total. The molecule has 2 rings (SSSR count). The topological polar surface area (TPSA) is 58.9 Å². The quantitative estimate of drug-likeness (QED) is 0.697. The Morgan fingerprint density at radius 3 is 2.56 bits per heavy atom. The molecule has 0 bridgehead atoms. The number of carbonyl (C=O) groups is 1. The van der Waals surface area contributed by atoms with Crippen LogP contribution in [0.2, 0.25) is 0 Å². The summed E-state index contributed by atoms with van der Waals surface area (Å²) in [6.07, 6.45) is 0.561. The molecule has 1 heterocycles. The number of quaternary nitrogens is 1. The van der Waals surface area contributed by atoms with E-state index in [-0.39, 0.29) is 23.5 Å². The van der Waals surface area contributed by atoms with Gasteiger partial charge < -0.3 is 9.80 Å². The van der Waals surface area contributed by atoms with Crippen LogP contribution in [0.4, 0.5) is 0 Å². The molecule has 0 unspecified atom stereocenters. The average Bonchev–Trinajstić information content (AvgIpc) is 2.88. The normalized spacial score (nSPS) is 19.3. The lowest BCUT2D eigenvalue weighted by molar-refractivity contribution is -0.857. The molecule has 140 valence electrons. The highest BCUT2D eigenvalue weighted by Crippen LogP contribution is 2.23. The van der Waals surface area contributed by atoms with Gasteiger partial charge in [0.2, 0.25) is 5.91 Å². The van der Waals surface area contributed by atoms with Crippen LogP contribution < -0.4 is 4.90 Å². The maximum absolute atomic E-state index is 12.8. The minimum Gasteiger partial charge on any atom is -0.338 e. The van der Waals surface area contributed by atoms with E-state index in [2.05, 4.69) is 26.0 Å². The van der Waals surface area contributed by atoms with E-state index in [9.17, 15) is 13.2 Å². The van der Waals surface area contributed by atoms with Gasteiger partial charge in [0.05, 0.1) is 44.4 Å². The summed E-state index contributed by atoms with van der Waals surface area (Å²) in [6, 6.07) is 6.03. The van der Waals surface area contributed by atoms with E-state index in [0.29, 0.717) is 18.7 Å². The van der Waals surface area contributed by atoms with Crippen molar-refractivity contribution in [3.05, 3.63) is 29.3 Å². The van der Waals surface area contributed by atoms with Crippen LogP contribution in [0, 0.1) is 13.8 Å². The molecule has 1 saturated heterocycles. The van der Waals surface area contributed by atoms with Crippen molar-refractivity contribution in [1.29, 1.82) is 0 Å². The Morgan fingerprint density at radius 1 is 1.28 bits per heavy atom. The molecule has 1 fully saturated rings. The number of amides is 1. The number of rotatable bonds is 7. The summed E-state index contributed by atoms with van der Waals surface area (Å²) in [7, 11) is 1.08. The van der Waals surface area contributed by atoms with Crippen molar-refractivity contribution in [2.45, 2.75) is 31.2 Å². The smallest absolute Gasteiger partial charge is 0.233 e. The van der Waals surface area contributed by atoms with Gasteiger partial charge in [-0.05, 0) is 43.5 Å². The van der Waals surface area contributed by atoms with E-state index in [1.807, 2.05) is 20.2 Å². The lowest BCUT2D eigenvalue weighted by atomic mass is 10.1. The first kappa shape index (κ1) is 20.3. The van der Waals surface area contributed by atoms with Crippen molar-refractivity contribution in [2.75, 3.05) is 44.4 Å². The zero-order valence-corrected chi connectivity index (χ0v) is 17.2. The second-order valence-corrected chi connectivity index (χ2v) is 10.4. The molecule has 1 N–H and O–H groups in total. The molecule has 0 aliphatic carbocycles. The number of nitrogens with zero attached hydrogens (tertiary/aromatic N) is 1. The minimum absolute atomic E-state index is 0.0339. The summed E-state index contributed by atoms with van der Waals surface area (Å²) < 4.78 is 23.6.